The Morgan fingerprint density at radius 1 is 1.33 bits per heavy atom. The van der Waals surface area contributed by atoms with Gasteiger partial charge in [0.2, 0.25) is 0 Å². The molecule has 2 aromatic rings. The monoisotopic (exact) mass is 263 g/mol. The predicted molar refractivity (Wildman–Crippen MR) is 76.1 cm³/mol. The molecule has 18 heavy (non-hydrogen) atoms. The summed E-state index contributed by atoms with van der Waals surface area (Å²) in [6.45, 7) is 5.04. The molecule has 1 heterocycles. The van der Waals surface area contributed by atoms with Crippen LogP contribution in [0.3, 0.4) is 0 Å². The maximum Gasteiger partial charge on any atom is 0.150 e. The lowest BCUT2D eigenvalue weighted by molar-refractivity contribution is 0.780. The van der Waals surface area contributed by atoms with Crippen LogP contribution in [-0.2, 0) is 6.42 Å². The molecule has 1 aromatic heterocycles. The van der Waals surface area contributed by atoms with E-state index in [0.717, 1.165) is 30.0 Å². The minimum absolute atomic E-state index is 0.571. The van der Waals surface area contributed by atoms with Gasteiger partial charge in [0.15, 0.2) is 5.15 Å². The lowest BCUT2D eigenvalue weighted by Gasteiger charge is -2.03. The van der Waals surface area contributed by atoms with Crippen LogP contribution in [0.25, 0.3) is 11.4 Å². The normalized spacial score (nSPS) is 10.9. The zero-order chi connectivity index (χ0) is 13.1. The van der Waals surface area contributed by atoms with E-state index in [2.05, 4.69) is 47.3 Å². The van der Waals surface area contributed by atoms with E-state index in [0.29, 0.717) is 5.15 Å². The van der Waals surface area contributed by atoms with Gasteiger partial charge < -0.3 is 10.3 Å². The Balaban J connectivity index is 2.36. The van der Waals surface area contributed by atoms with Gasteiger partial charge in [0.05, 0.1) is 5.69 Å². The Hall–Kier alpha value is -1.32. The number of likely N-dealkylation sites (N-methyl/N-ethyl adjacent to an activating group) is 1. The average molecular weight is 264 g/mol. The summed E-state index contributed by atoms with van der Waals surface area (Å²) in [6, 6.07) is 6.34. The molecule has 96 valence electrons. The number of benzene rings is 1. The first-order valence-corrected chi connectivity index (χ1v) is 6.46. The van der Waals surface area contributed by atoms with Gasteiger partial charge in [0.1, 0.15) is 5.82 Å². The van der Waals surface area contributed by atoms with Gasteiger partial charge in [-0.1, -0.05) is 29.3 Å². The van der Waals surface area contributed by atoms with E-state index >= 15 is 0 Å². The lowest BCUT2D eigenvalue weighted by atomic mass is 10.1. The van der Waals surface area contributed by atoms with Crippen LogP contribution < -0.4 is 5.32 Å². The van der Waals surface area contributed by atoms with Crippen molar-refractivity contribution in [2.24, 2.45) is 0 Å². The molecule has 2 N–H and O–H groups in total. The molecule has 0 unspecified atom stereocenters. The van der Waals surface area contributed by atoms with Crippen molar-refractivity contribution in [2.75, 3.05) is 13.6 Å². The van der Waals surface area contributed by atoms with E-state index in [1.165, 1.54) is 11.1 Å². The van der Waals surface area contributed by atoms with E-state index in [4.69, 9.17) is 11.6 Å². The maximum absolute atomic E-state index is 6.15. The predicted octanol–water partition coefficient (Wildman–Crippen LogP) is 3.11. The SMILES string of the molecule is CNCCc1[nH]c(-c2cc(C)ccc2C)nc1Cl. The van der Waals surface area contributed by atoms with Crippen molar-refractivity contribution in [3.8, 4) is 11.4 Å². The minimum atomic E-state index is 0.571. The van der Waals surface area contributed by atoms with Crippen molar-refractivity contribution >= 4 is 11.6 Å². The number of nitrogens with one attached hydrogen (secondary N) is 2. The fourth-order valence-corrected chi connectivity index (χ4v) is 2.15. The molecule has 2 rings (SSSR count). The molecule has 0 amide bonds. The van der Waals surface area contributed by atoms with Crippen LogP contribution in [0.1, 0.15) is 16.8 Å². The smallest absolute Gasteiger partial charge is 0.150 e. The van der Waals surface area contributed by atoms with Gasteiger partial charge in [0, 0.05) is 18.5 Å². The number of imidazole rings is 1. The van der Waals surface area contributed by atoms with Gasteiger partial charge in [0.25, 0.3) is 0 Å². The van der Waals surface area contributed by atoms with E-state index in [-0.39, 0.29) is 0 Å². The van der Waals surface area contributed by atoms with Crippen LogP contribution in [-0.4, -0.2) is 23.6 Å². The number of aryl methyl sites for hydroxylation is 2. The number of halogens is 1. The molecule has 0 saturated heterocycles. The Labute approximate surface area is 113 Å². The first kappa shape index (κ1) is 13.1. The Morgan fingerprint density at radius 2 is 2.11 bits per heavy atom. The highest BCUT2D eigenvalue weighted by Gasteiger charge is 2.11. The van der Waals surface area contributed by atoms with Crippen molar-refractivity contribution in [1.29, 1.82) is 0 Å². The van der Waals surface area contributed by atoms with Crippen LogP contribution in [0.2, 0.25) is 5.15 Å². The first-order valence-electron chi connectivity index (χ1n) is 6.08. The molecule has 0 fully saturated rings. The third-order valence-corrected chi connectivity index (χ3v) is 3.31. The van der Waals surface area contributed by atoms with Crippen molar-refractivity contribution in [1.82, 2.24) is 15.3 Å². The van der Waals surface area contributed by atoms with Crippen molar-refractivity contribution in [3.63, 3.8) is 0 Å². The summed E-state index contributed by atoms with van der Waals surface area (Å²) in [5, 5.41) is 3.68. The van der Waals surface area contributed by atoms with Crippen LogP contribution in [0.4, 0.5) is 0 Å². The van der Waals surface area contributed by atoms with Gasteiger partial charge in [-0.05, 0) is 32.5 Å². The van der Waals surface area contributed by atoms with Crippen molar-refractivity contribution in [2.45, 2.75) is 20.3 Å². The van der Waals surface area contributed by atoms with Gasteiger partial charge in [-0.15, -0.1) is 0 Å². The summed E-state index contributed by atoms with van der Waals surface area (Å²) in [5.74, 6) is 0.854. The van der Waals surface area contributed by atoms with Crippen LogP contribution in [0, 0.1) is 13.8 Å². The molecule has 0 bridgehead atoms. The number of aromatic nitrogens is 2. The highest BCUT2D eigenvalue weighted by Crippen LogP contribution is 2.25. The summed E-state index contributed by atoms with van der Waals surface area (Å²) in [7, 11) is 1.93. The topological polar surface area (TPSA) is 40.7 Å². The molecule has 0 spiro atoms. The highest BCUT2D eigenvalue weighted by molar-refractivity contribution is 6.30. The summed E-state index contributed by atoms with van der Waals surface area (Å²) >= 11 is 6.15. The number of aromatic amines is 1. The molecular formula is C14H18ClN3. The van der Waals surface area contributed by atoms with E-state index in [1.807, 2.05) is 7.05 Å². The summed E-state index contributed by atoms with van der Waals surface area (Å²) in [6.07, 6.45) is 0.854. The van der Waals surface area contributed by atoms with Crippen LogP contribution in [0.5, 0.6) is 0 Å². The minimum Gasteiger partial charge on any atom is -0.341 e. The third-order valence-electron chi connectivity index (χ3n) is 3.00. The van der Waals surface area contributed by atoms with Gasteiger partial charge >= 0.3 is 0 Å². The Bertz CT molecular complexity index is 546. The van der Waals surface area contributed by atoms with E-state index < -0.39 is 0 Å². The number of H-pyrrole nitrogens is 1. The largest absolute Gasteiger partial charge is 0.341 e. The lowest BCUT2D eigenvalue weighted by Crippen LogP contribution is -2.10. The molecular weight excluding hydrogens is 246 g/mol. The highest BCUT2D eigenvalue weighted by atomic mass is 35.5. The summed E-state index contributed by atoms with van der Waals surface area (Å²) in [5.41, 5.74) is 4.53. The first-order chi connectivity index (χ1) is 8.61. The Kier molecular flexibility index (Phi) is 4.04. The molecule has 4 heteroatoms. The molecule has 0 aliphatic heterocycles. The number of hydrogen-bond acceptors (Lipinski definition) is 2. The standard InChI is InChI=1S/C14H18ClN3/c1-9-4-5-10(2)11(8-9)14-17-12(6-7-16-3)13(15)18-14/h4-5,8,16H,6-7H2,1-3H3,(H,17,18). The number of nitrogens with zero attached hydrogens (tertiary/aromatic N) is 1. The van der Waals surface area contributed by atoms with Gasteiger partial charge in [-0.25, -0.2) is 4.98 Å². The van der Waals surface area contributed by atoms with Gasteiger partial charge in [-0.2, -0.15) is 0 Å². The second-order valence-electron chi connectivity index (χ2n) is 4.53. The average Bonchev–Trinajstić information content (AvgIpc) is 2.71. The Morgan fingerprint density at radius 3 is 2.83 bits per heavy atom. The zero-order valence-corrected chi connectivity index (χ0v) is 11.7. The zero-order valence-electron chi connectivity index (χ0n) is 11.0. The number of rotatable bonds is 4. The molecule has 0 aliphatic carbocycles. The molecule has 0 saturated carbocycles. The fourth-order valence-electron chi connectivity index (χ4n) is 1.92. The second kappa shape index (κ2) is 5.55. The quantitative estimate of drug-likeness (QED) is 0.890. The fraction of sp³-hybridized carbons (Fsp3) is 0.357. The van der Waals surface area contributed by atoms with Gasteiger partial charge in [-0.3, -0.25) is 0 Å². The van der Waals surface area contributed by atoms with Crippen molar-refractivity contribution in [3.05, 3.63) is 40.2 Å². The third kappa shape index (κ3) is 2.74. The number of hydrogen-bond donors (Lipinski definition) is 2. The maximum atomic E-state index is 6.15. The summed E-state index contributed by atoms with van der Waals surface area (Å²) in [4.78, 5) is 7.74. The molecule has 0 atom stereocenters. The van der Waals surface area contributed by atoms with Crippen molar-refractivity contribution < 1.29 is 0 Å². The second-order valence-corrected chi connectivity index (χ2v) is 4.88. The van der Waals surface area contributed by atoms with Crippen LogP contribution >= 0.6 is 11.6 Å². The molecule has 0 radical (unpaired) electrons. The summed E-state index contributed by atoms with van der Waals surface area (Å²) < 4.78 is 0. The molecule has 3 nitrogen and oxygen atoms in total. The van der Waals surface area contributed by atoms with E-state index in [1.54, 1.807) is 0 Å². The van der Waals surface area contributed by atoms with Crippen LogP contribution in [0.15, 0.2) is 18.2 Å². The molecule has 0 aliphatic rings. The molecule has 1 aromatic carbocycles. The van der Waals surface area contributed by atoms with E-state index in [9.17, 15) is 0 Å².